The molecule has 1 aliphatic rings. The summed E-state index contributed by atoms with van der Waals surface area (Å²) in [6.45, 7) is 0. The van der Waals surface area contributed by atoms with E-state index in [1.54, 1.807) is 6.07 Å². The molecule has 20 heavy (non-hydrogen) atoms. The number of nitrogens with two attached hydrogens (primary N) is 1. The highest BCUT2D eigenvalue weighted by Crippen LogP contribution is 2.40. The number of benzene rings is 2. The van der Waals surface area contributed by atoms with E-state index in [9.17, 15) is 9.90 Å². The van der Waals surface area contributed by atoms with E-state index in [4.69, 9.17) is 5.73 Å². The molecule has 3 rings (SSSR count). The first-order valence-electron chi connectivity index (χ1n) is 6.59. The smallest absolute Gasteiger partial charge is 0.251 e. The van der Waals surface area contributed by atoms with E-state index < -0.39 is 0 Å². The number of hydrogen-bond acceptors (Lipinski definition) is 3. The van der Waals surface area contributed by atoms with E-state index in [1.807, 2.05) is 18.2 Å². The van der Waals surface area contributed by atoms with Gasteiger partial charge in [-0.3, -0.25) is 4.79 Å². The maximum absolute atomic E-state index is 12.1. The molecule has 1 saturated carbocycles. The van der Waals surface area contributed by atoms with Crippen molar-refractivity contribution in [2.75, 3.05) is 5.73 Å². The number of phenols is 1. The lowest BCUT2D eigenvalue weighted by molar-refractivity contribution is 0.0950. The van der Waals surface area contributed by atoms with Crippen molar-refractivity contribution >= 4 is 11.6 Å². The summed E-state index contributed by atoms with van der Waals surface area (Å²) in [6.07, 6.45) is 0.955. The van der Waals surface area contributed by atoms with Crippen molar-refractivity contribution in [1.82, 2.24) is 5.32 Å². The molecule has 4 nitrogen and oxygen atoms in total. The zero-order chi connectivity index (χ0) is 14.1. The molecule has 102 valence electrons. The third-order valence-corrected chi connectivity index (χ3v) is 3.63. The molecule has 0 radical (unpaired) electrons. The van der Waals surface area contributed by atoms with E-state index >= 15 is 0 Å². The van der Waals surface area contributed by atoms with Crippen molar-refractivity contribution in [3.05, 3.63) is 59.7 Å². The average Bonchev–Trinajstić information content (AvgIpc) is 3.22. The number of anilines is 1. The van der Waals surface area contributed by atoms with Crippen LogP contribution in [0.25, 0.3) is 0 Å². The topological polar surface area (TPSA) is 75.4 Å². The van der Waals surface area contributed by atoms with Crippen LogP contribution in [0, 0.1) is 0 Å². The first-order valence-corrected chi connectivity index (χ1v) is 6.59. The molecule has 4 N–H and O–H groups in total. The highest BCUT2D eigenvalue weighted by Gasteiger charge is 2.39. The Kier molecular flexibility index (Phi) is 3.06. The molecule has 1 fully saturated rings. The van der Waals surface area contributed by atoms with Crippen LogP contribution in [0.3, 0.4) is 0 Å². The quantitative estimate of drug-likeness (QED) is 0.590. The van der Waals surface area contributed by atoms with Gasteiger partial charge in [0.05, 0.1) is 5.69 Å². The summed E-state index contributed by atoms with van der Waals surface area (Å²) < 4.78 is 0. The summed E-state index contributed by atoms with van der Waals surface area (Å²) in [5.74, 6) is 0.152. The highest BCUT2D eigenvalue weighted by atomic mass is 16.3. The van der Waals surface area contributed by atoms with Crippen molar-refractivity contribution in [3.63, 3.8) is 0 Å². The number of nitrogens with one attached hydrogen (secondary N) is 1. The molecule has 0 aliphatic heterocycles. The Labute approximate surface area is 117 Å². The van der Waals surface area contributed by atoms with Crippen LogP contribution in [0.1, 0.15) is 28.3 Å². The monoisotopic (exact) mass is 268 g/mol. The maximum Gasteiger partial charge on any atom is 0.251 e. The molecule has 0 aromatic heterocycles. The lowest BCUT2D eigenvalue weighted by Gasteiger charge is -2.06. The number of carbonyl (C=O) groups is 1. The van der Waals surface area contributed by atoms with E-state index in [0.29, 0.717) is 11.5 Å². The fourth-order valence-corrected chi connectivity index (χ4v) is 2.36. The Morgan fingerprint density at radius 1 is 1.20 bits per heavy atom. The lowest BCUT2D eigenvalue weighted by atomic mass is 10.1. The molecule has 2 aromatic carbocycles. The normalized spacial score (nSPS) is 20.4. The summed E-state index contributed by atoms with van der Waals surface area (Å²) in [5, 5.41) is 12.5. The predicted molar refractivity (Wildman–Crippen MR) is 77.6 cm³/mol. The number of aromatic hydroxyl groups is 1. The molecule has 1 amide bonds. The molecular formula is C16H16N2O2. The van der Waals surface area contributed by atoms with Crippen molar-refractivity contribution in [3.8, 4) is 5.75 Å². The van der Waals surface area contributed by atoms with Gasteiger partial charge in [-0.2, -0.15) is 0 Å². The second-order valence-corrected chi connectivity index (χ2v) is 5.11. The largest absolute Gasteiger partial charge is 0.506 e. The van der Waals surface area contributed by atoms with Gasteiger partial charge in [-0.1, -0.05) is 30.3 Å². The number of rotatable bonds is 3. The Morgan fingerprint density at radius 3 is 2.65 bits per heavy atom. The summed E-state index contributed by atoms with van der Waals surface area (Å²) in [5.41, 5.74) is 7.47. The Bertz CT molecular complexity index is 640. The van der Waals surface area contributed by atoms with Gasteiger partial charge in [0.15, 0.2) is 0 Å². The van der Waals surface area contributed by atoms with Crippen molar-refractivity contribution < 1.29 is 9.90 Å². The van der Waals surface area contributed by atoms with E-state index in [0.717, 1.165) is 6.42 Å². The van der Waals surface area contributed by atoms with Crippen LogP contribution in [0.4, 0.5) is 5.69 Å². The zero-order valence-electron chi connectivity index (χ0n) is 10.9. The first-order chi connectivity index (χ1) is 9.65. The van der Waals surface area contributed by atoms with Crippen molar-refractivity contribution in [2.45, 2.75) is 18.4 Å². The lowest BCUT2D eigenvalue weighted by Crippen LogP contribution is -2.26. The van der Waals surface area contributed by atoms with E-state index in [2.05, 4.69) is 17.4 Å². The number of carbonyl (C=O) groups excluding carboxylic acids is 1. The minimum atomic E-state index is -0.177. The summed E-state index contributed by atoms with van der Waals surface area (Å²) >= 11 is 0. The van der Waals surface area contributed by atoms with Crippen LogP contribution in [0.15, 0.2) is 48.5 Å². The van der Waals surface area contributed by atoms with Gasteiger partial charge in [-0.05, 0) is 30.2 Å². The predicted octanol–water partition coefficient (Wildman–Crippen LogP) is 2.26. The van der Waals surface area contributed by atoms with Gasteiger partial charge in [0.25, 0.3) is 5.91 Å². The number of amides is 1. The third kappa shape index (κ3) is 2.45. The molecule has 0 spiro atoms. The van der Waals surface area contributed by atoms with Gasteiger partial charge in [0.2, 0.25) is 0 Å². The van der Waals surface area contributed by atoms with Crippen molar-refractivity contribution in [1.29, 1.82) is 0 Å². The summed E-state index contributed by atoms with van der Waals surface area (Å²) in [4.78, 5) is 12.1. The Morgan fingerprint density at radius 2 is 1.95 bits per heavy atom. The first kappa shape index (κ1) is 12.5. The van der Waals surface area contributed by atoms with Gasteiger partial charge in [0.1, 0.15) is 5.75 Å². The van der Waals surface area contributed by atoms with Crippen molar-refractivity contribution in [2.24, 2.45) is 0 Å². The molecule has 0 saturated heterocycles. The van der Waals surface area contributed by atoms with E-state index in [-0.39, 0.29) is 23.4 Å². The minimum absolute atomic E-state index is 0.0620. The van der Waals surface area contributed by atoms with Crippen LogP contribution in [0.2, 0.25) is 0 Å². The Hall–Kier alpha value is -2.49. The third-order valence-electron chi connectivity index (χ3n) is 3.63. The van der Waals surface area contributed by atoms with Gasteiger partial charge >= 0.3 is 0 Å². The number of nitrogen functional groups attached to an aromatic ring is 1. The second-order valence-electron chi connectivity index (χ2n) is 5.11. The van der Waals surface area contributed by atoms with Crippen LogP contribution in [0.5, 0.6) is 5.75 Å². The maximum atomic E-state index is 12.1. The molecule has 2 unspecified atom stereocenters. The highest BCUT2D eigenvalue weighted by molar-refractivity contribution is 5.95. The average molecular weight is 268 g/mol. The summed E-state index contributed by atoms with van der Waals surface area (Å²) in [7, 11) is 0. The fourth-order valence-electron chi connectivity index (χ4n) is 2.36. The van der Waals surface area contributed by atoms with Gasteiger partial charge in [-0.25, -0.2) is 0 Å². The SMILES string of the molecule is Nc1ccc(C(=O)NC2CC2c2ccccc2)cc1O. The number of phenolic OH excluding ortho intramolecular Hbond substituents is 1. The standard InChI is InChI=1S/C16H16N2O2/c17-13-7-6-11(8-15(13)19)16(20)18-14-9-12(14)10-4-2-1-3-5-10/h1-8,12,14,19H,9,17H2,(H,18,20). The number of hydrogen-bond donors (Lipinski definition) is 3. The van der Waals surface area contributed by atoms with Gasteiger partial charge in [0, 0.05) is 17.5 Å². The molecule has 2 atom stereocenters. The molecule has 0 heterocycles. The van der Waals surface area contributed by atoms with E-state index in [1.165, 1.54) is 17.7 Å². The van der Waals surface area contributed by atoms with Gasteiger partial charge < -0.3 is 16.2 Å². The van der Waals surface area contributed by atoms with Crippen LogP contribution < -0.4 is 11.1 Å². The van der Waals surface area contributed by atoms with Crippen LogP contribution in [-0.4, -0.2) is 17.1 Å². The summed E-state index contributed by atoms with van der Waals surface area (Å²) in [6, 6.07) is 14.9. The van der Waals surface area contributed by atoms with Crippen LogP contribution >= 0.6 is 0 Å². The van der Waals surface area contributed by atoms with Gasteiger partial charge in [-0.15, -0.1) is 0 Å². The molecule has 0 bridgehead atoms. The molecule has 1 aliphatic carbocycles. The Balaban J connectivity index is 1.65. The molecule has 2 aromatic rings. The molecular weight excluding hydrogens is 252 g/mol. The minimum Gasteiger partial charge on any atom is -0.506 e. The zero-order valence-corrected chi connectivity index (χ0v) is 10.9. The fraction of sp³-hybridized carbons (Fsp3) is 0.188. The molecule has 4 heteroatoms. The van der Waals surface area contributed by atoms with Crippen LogP contribution in [-0.2, 0) is 0 Å². The second kappa shape index (κ2) is 4.89.